The molecule has 0 fully saturated rings. The minimum atomic E-state index is -3.68. The Balaban J connectivity index is 1.83. The highest BCUT2D eigenvalue weighted by Crippen LogP contribution is 2.28. The number of amides is 1. The lowest BCUT2D eigenvalue weighted by Crippen LogP contribution is -2.39. The summed E-state index contributed by atoms with van der Waals surface area (Å²) in [4.78, 5) is 12.5. The Bertz CT molecular complexity index is 1170. The van der Waals surface area contributed by atoms with Crippen LogP contribution in [0, 0.1) is 0 Å². The average molecular weight is 474 g/mol. The van der Waals surface area contributed by atoms with Gasteiger partial charge in [-0.15, -0.1) is 0 Å². The fourth-order valence-electron chi connectivity index (χ4n) is 2.87. The number of carbonyl (C=O) groups excluding carboxylic acids is 1. The van der Waals surface area contributed by atoms with Gasteiger partial charge in [-0.05, 0) is 36.1 Å². The highest BCUT2D eigenvalue weighted by atomic mass is 79.9. The van der Waals surface area contributed by atoms with E-state index in [1.54, 1.807) is 19.1 Å². The van der Waals surface area contributed by atoms with E-state index in [1.807, 2.05) is 54.6 Å². The van der Waals surface area contributed by atoms with Gasteiger partial charge in [0.2, 0.25) is 10.0 Å². The van der Waals surface area contributed by atoms with Crippen molar-refractivity contribution in [2.75, 3.05) is 17.1 Å². The van der Waals surface area contributed by atoms with Gasteiger partial charge in [0.25, 0.3) is 5.91 Å². The van der Waals surface area contributed by atoms with Gasteiger partial charge in [-0.1, -0.05) is 64.5 Å². The molecule has 0 aliphatic rings. The van der Waals surface area contributed by atoms with Gasteiger partial charge < -0.3 is 0 Å². The summed E-state index contributed by atoms with van der Waals surface area (Å²) in [6, 6.07) is 20.3. The van der Waals surface area contributed by atoms with Crippen molar-refractivity contribution < 1.29 is 13.2 Å². The van der Waals surface area contributed by atoms with Crippen LogP contribution in [0.3, 0.4) is 0 Å². The van der Waals surface area contributed by atoms with E-state index in [1.165, 1.54) is 0 Å². The number of anilines is 1. The number of nitrogens with one attached hydrogen (secondary N) is 1. The molecule has 0 spiro atoms. The molecule has 0 aromatic heterocycles. The lowest BCUT2D eigenvalue weighted by atomic mass is 10.1. The SMILES string of the molecule is C/C(=N/NC(=O)CN(c1cccc2ccccc12)S(C)(=O)=O)c1ccc(Br)cc1. The van der Waals surface area contributed by atoms with Crippen molar-refractivity contribution in [2.24, 2.45) is 5.10 Å². The Morgan fingerprint density at radius 2 is 1.69 bits per heavy atom. The third-order valence-corrected chi connectivity index (χ3v) is 5.99. The van der Waals surface area contributed by atoms with Crippen molar-refractivity contribution in [1.82, 2.24) is 5.43 Å². The van der Waals surface area contributed by atoms with Crippen LogP contribution in [-0.4, -0.2) is 32.8 Å². The first kappa shape index (κ1) is 21.0. The lowest BCUT2D eigenvalue weighted by Gasteiger charge is -2.23. The number of sulfonamides is 1. The van der Waals surface area contributed by atoms with Crippen molar-refractivity contribution in [3.05, 3.63) is 76.8 Å². The highest BCUT2D eigenvalue weighted by Gasteiger charge is 2.22. The molecule has 0 saturated heterocycles. The molecule has 6 nitrogen and oxygen atoms in total. The van der Waals surface area contributed by atoms with Crippen LogP contribution in [0.1, 0.15) is 12.5 Å². The second-order valence-corrected chi connectivity index (χ2v) is 9.33. The predicted molar refractivity (Wildman–Crippen MR) is 121 cm³/mol. The summed E-state index contributed by atoms with van der Waals surface area (Å²) in [5.74, 6) is -0.528. The second kappa shape index (κ2) is 8.75. The lowest BCUT2D eigenvalue weighted by molar-refractivity contribution is -0.119. The maximum absolute atomic E-state index is 12.5. The van der Waals surface area contributed by atoms with Crippen LogP contribution in [0.2, 0.25) is 0 Å². The van der Waals surface area contributed by atoms with Crippen LogP contribution in [0.4, 0.5) is 5.69 Å². The van der Waals surface area contributed by atoms with Crippen LogP contribution in [0.25, 0.3) is 10.8 Å². The number of carbonyl (C=O) groups is 1. The van der Waals surface area contributed by atoms with Crippen LogP contribution in [0.5, 0.6) is 0 Å². The molecule has 0 radical (unpaired) electrons. The molecule has 0 aliphatic heterocycles. The van der Waals surface area contributed by atoms with Gasteiger partial charge in [0, 0.05) is 9.86 Å². The van der Waals surface area contributed by atoms with Crippen LogP contribution in [-0.2, 0) is 14.8 Å². The van der Waals surface area contributed by atoms with Crippen LogP contribution in [0.15, 0.2) is 76.3 Å². The number of nitrogens with zero attached hydrogens (tertiary/aromatic N) is 2. The number of rotatable bonds is 6. The largest absolute Gasteiger partial charge is 0.271 e. The zero-order valence-electron chi connectivity index (χ0n) is 16.0. The molecular weight excluding hydrogens is 454 g/mol. The Labute approximate surface area is 178 Å². The van der Waals surface area contributed by atoms with Gasteiger partial charge in [-0.2, -0.15) is 5.10 Å². The Morgan fingerprint density at radius 1 is 1.03 bits per heavy atom. The zero-order valence-corrected chi connectivity index (χ0v) is 18.4. The third kappa shape index (κ3) is 5.21. The highest BCUT2D eigenvalue weighted by molar-refractivity contribution is 9.10. The van der Waals surface area contributed by atoms with E-state index in [0.29, 0.717) is 11.4 Å². The zero-order chi connectivity index (χ0) is 21.0. The minimum absolute atomic E-state index is 0.371. The molecule has 150 valence electrons. The number of fused-ring (bicyclic) bond motifs is 1. The molecule has 0 aliphatic carbocycles. The smallest absolute Gasteiger partial charge is 0.260 e. The Hall–Kier alpha value is -2.71. The topological polar surface area (TPSA) is 78.8 Å². The van der Waals surface area contributed by atoms with Gasteiger partial charge in [0.05, 0.1) is 17.7 Å². The summed E-state index contributed by atoms with van der Waals surface area (Å²) in [6.45, 7) is 1.40. The van der Waals surface area contributed by atoms with E-state index < -0.39 is 15.9 Å². The number of hydrogen-bond donors (Lipinski definition) is 1. The second-order valence-electron chi connectivity index (χ2n) is 6.51. The first-order chi connectivity index (χ1) is 13.8. The molecule has 3 rings (SSSR count). The summed E-state index contributed by atoms with van der Waals surface area (Å²) in [5, 5.41) is 5.74. The van der Waals surface area contributed by atoms with Gasteiger partial charge >= 0.3 is 0 Å². The van der Waals surface area contributed by atoms with Crippen molar-refractivity contribution in [3.63, 3.8) is 0 Å². The van der Waals surface area contributed by atoms with E-state index in [0.717, 1.165) is 31.4 Å². The molecule has 0 heterocycles. The molecule has 0 atom stereocenters. The summed E-state index contributed by atoms with van der Waals surface area (Å²) in [7, 11) is -3.68. The molecule has 3 aromatic carbocycles. The monoisotopic (exact) mass is 473 g/mol. The number of hydrogen-bond acceptors (Lipinski definition) is 4. The minimum Gasteiger partial charge on any atom is -0.271 e. The molecule has 3 aromatic rings. The standard InChI is InChI=1S/C21H20BrN3O3S/c1-15(16-10-12-18(22)13-11-16)23-24-21(26)14-25(29(2,27)28)20-9-5-7-17-6-3-4-8-19(17)20/h3-13H,14H2,1-2H3,(H,24,26)/b23-15-. The third-order valence-electron chi connectivity index (χ3n) is 4.33. The first-order valence-electron chi connectivity index (χ1n) is 8.80. The summed E-state index contributed by atoms with van der Waals surface area (Å²) in [6.07, 6.45) is 1.08. The van der Waals surface area contributed by atoms with Crippen molar-refractivity contribution >= 4 is 54.0 Å². The molecular formula is C21H20BrN3O3S. The number of benzene rings is 3. The first-order valence-corrected chi connectivity index (χ1v) is 11.4. The Morgan fingerprint density at radius 3 is 2.38 bits per heavy atom. The molecule has 29 heavy (non-hydrogen) atoms. The summed E-state index contributed by atoms with van der Waals surface area (Å²) < 4.78 is 26.9. The van der Waals surface area contributed by atoms with Crippen LogP contribution >= 0.6 is 15.9 Å². The predicted octanol–water partition coefficient (Wildman–Crippen LogP) is 3.91. The fraction of sp³-hybridized carbons (Fsp3) is 0.143. The van der Waals surface area contributed by atoms with E-state index >= 15 is 0 Å². The molecule has 8 heteroatoms. The Kier molecular flexibility index (Phi) is 6.34. The quantitative estimate of drug-likeness (QED) is 0.435. The molecule has 0 saturated carbocycles. The van der Waals surface area contributed by atoms with Gasteiger partial charge in [-0.3, -0.25) is 9.10 Å². The molecule has 0 unspecified atom stereocenters. The van der Waals surface area contributed by atoms with E-state index in [4.69, 9.17) is 0 Å². The summed E-state index contributed by atoms with van der Waals surface area (Å²) >= 11 is 3.37. The van der Waals surface area contributed by atoms with Crippen molar-refractivity contribution in [2.45, 2.75) is 6.92 Å². The van der Waals surface area contributed by atoms with E-state index in [9.17, 15) is 13.2 Å². The van der Waals surface area contributed by atoms with Crippen molar-refractivity contribution in [3.8, 4) is 0 Å². The van der Waals surface area contributed by atoms with Gasteiger partial charge in [-0.25, -0.2) is 13.8 Å². The normalized spacial score (nSPS) is 12.0. The van der Waals surface area contributed by atoms with E-state index in [2.05, 4.69) is 26.5 Å². The number of halogens is 1. The van der Waals surface area contributed by atoms with E-state index in [-0.39, 0.29) is 6.54 Å². The molecule has 1 amide bonds. The van der Waals surface area contributed by atoms with Gasteiger partial charge in [0.15, 0.2) is 0 Å². The van der Waals surface area contributed by atoms with Crippen molar-refractivity contribution in [1.29, 1.82) is 0 Å². The van der Waals surface area contributed by atoms with Gasteiger partial charge in [0.1, 0.15) is 6.54 Å². The average Bonchev–Trinajstić information content (AvgIpc) is 2.69. The number of hydrazone groups is 1. The maximum Gasteiger partial charge on any atom is 0.260 e. The molecule has 1 N–H and O–H groups in total. The molecule has 0 bridgehead atoms. The maximum atomic E-state index is 12.5. The fourth-order valence-corrected chi connectivity index (χ4v) is 4.01. The summed E-state index contributed by atoms with van der Waals surface area (Å²) in [5.41, 5.74) is 4.36. The van der Waals surface area contributed by atoms with Crippen LogP contribution < -0.4 is 9.73 Å².